The molecule has 118 valence electrons. The van der Waals surface area contributed by atoms with Crippen molar-refractivity contribution >= 4 is 11.6 Å². The van der Waals surface area contributed by atoms with Gasteiger partial charge in [-0.15, -0.1) is 0 Å². The highest BCUT2D eigenvalue weighted by Gasteiger charge is 2.26. The first-order chi connectivity index (χ1) is 11.0. The molecule has 0 radical (unpaired) electrons. The van der Waals surface area contributed by atoms with E-state index in [4.69, 9.17) is 0 Å². The van der Waals surface area contributed by atoms with Gasteiger partial charge in [0.1, 0.15) is 17.8 Å². The molecule has 0 spiro atoms. The van der Waals surface area contributed by atoms with Crippen LogP contribution in [0, 0.1) is 21.7 Å². The smallest absolute Gasteiger partial charge is 0.287 e. The van der Waals surface area contributed by atoms with Crippen molar-refractivity contribution in [1.82, 2.24) is 9.88 Å². The molecule has 23 heavy (non-hydrogen) atoms. The van der Waals surface area contributed by atoms with Gasteiger partial charge < -0.3 is 4.90 Å². The van der Waals surface area contributed by atoms with E-state index in [0.717, 1.165) is 18.2 Å². The second-order valence-corrected chi connectivity index (χ2v) is 5.16. The Morgan fingerprint density at radius 1 is 1.30 bits per heavy atom. The summed E-state index contributed by atoms with van der Waals surface area (Å²) < 4.78 is 27.0. The SMILES string of the molecule is O=C(c1cc(F)ccc1F)N1CCc2ncc([N+](=O)[O-])cc2C1. The van der Waals surface area contributed by atoms with Gasteiger partial charge in [-0.25, -0.2) is 8.78 Å². The minimum atomic E-state index is -0.806. The van der Waals surface area contributed by atoms with Crippen LogP contribution >= 0.6 is 0 Å². The number of carbonyl (C=O) groups is 1. The number of amides is 1. The lowest BCUT2D eigenvalue weighted by molar-refractivity contribution is -0.385. The molecule has 1 aliphatic rings. The number of aromatic nitrogens is 1. The number of rotatable bonds is 2. The third kappa shape index (κ3) is 2.87. The van der Waals surface area contributed by atoms with Crippen molar-refractivity contribution < 1.29 is 18.5 Å². The van der Waals surface area contributed by atoms with Crippen molar-refractivity contribution in [1.29, 1.82) is 0 Å². The molecule has 1 aliphatic heterocycles. The number of pyridine rings is 1. The predicted molar refractivity (Wildman–Crippen MR) is 75.7 cm³/mol. The lowest BCUT2D eigenvalue weighted by Crippen LogP contribution is -2.36. The topological polar surface area (TPSA) is 76.3 Å². The number of hydrogen-bond donors (Lipinski definition) is 0. The molecule has 1 aromatic carbocycles. The Morgan fingerprint density at radius 3 is 2.83 bits per heavy atom. The van der Waals surface area contributed by atoms with Gasteiger partial charge in [0.2, 0.25) is 0 Å². The molecule has 0 N–H and O–H groups in total. The van der Waals surface area contributed by atoms with Crippen LogP contribution < -0.4 is 0 Å². The van der Waals surface area contributed by atoms with E-state index in [0.29, 0.717) is 17.7 Å². The van der Waals surface area contributed by atoms with Crippen LogP contribution in [0.5, 0.6) is 0 Å². The van der Waals surface area contributed by atoms with E-state index in [2.05, 4.69) is 4.98 Å². The molecule has 8 heteroatoms. The van der Waals surface area contributed by atoms with Crippen molar-refractivity contribution in [3.05, 3.63) is 69.0 Å². The van der Waals surface area contributed by atoms with Gasteiger partial charge in [-0.2, -0.15) is 0 Å². The van der Waals surface area contributed by atoms with E-state index < -0.39 is 22.5 Å². The molecule has 2 heterocycles. The monoisotopic (exact) mass is 319 g/mol. The molecule has 0 atom stereocenters. The van der Waals surface area contributed by atoms with Crippen molar-refractivity contribution in [2.75, 3.05) is 6.54 Å². The number of hydrogen-bond acceptors (Lipinski definition) is 4. The fraction of sp³-hybridized carbons (Fsp3) is 0.200. The van der Waals surface area contributed by atoms with Gasteiger partial charge >= 0.3 is 0 Å². The fourth-order valence-corrected chi connectivity index (χ4v) is 2.52. The van der Waals surface area contributed by atoms with Crippen LogP contribution in [-0.4, -0.2) is 27.3 Å². The molecule has 0 aliphatic carbocycles. The molecule has 1 amide bonds. The van der Waals surface area contributed by atoms with Crippen molar-refractivity contribution in [2.24, 2.45) is 0 Å². The molecule has 6 nitrogen and oxygen atoms in total. The van der Waals surface area contributed by atoms with Gasteiger partial charge in [-0.1, -0.05) is 0 Å². The molecule has 0 unspecified atom stereocenters. The minimum absolute atomic E-state index is 0.0683. The number of carbonyl (C=O) groups excluding carboxylic acids is 1. The first-order valence-corrected chi connectivity index (χ1v) is 6.82. The Morgan fingerprint density at radius 2 is 2.09 bits per heavy atom. The lowest BCUT2D eigenvalue weighted by atomic mass is 10.0. The summed E-state index contributed by atoms with van der Waals surface area (Å²) in [7, 11) is 0. The number of benzene rings is 1. The predicted octanol–water partition coefficient (Wildman–Crippen LogP) is 2.47. The van der Waals surface area contributed by atoms with Gasteiger partial charge in [-0.05, 0) is 23.8 Å². The average Bonchev–Trinajstić information content (AvgIpc) is 2.55. The molecule has 0 saturated carbocycles. The van der Waals surface area contributed by atoms with E-state index in [-0.39, 0.29) is 24.3 Å². The van der Waals surface area contributed by atoms with Crippen LogP contribution in [0.4, 0.5) is 14.5 Å². The molecule has 1 aromatic heterocycles. The van der Waals surface area contributed by atoms with E-state index in [1.54, 1.807) is 0 Å². The molecule has 0 fully saturated rings. The third-order valence-electron chi connectivity index (χ3n) is 3.68. The second-order valence-electron chi connectivity index (χ2n) is 5.16. The van der Waals surface area contributed by atoms with Gasteiger partial charge in [0, 0.05) is 31.3 Å². The standard InChI is InChI=1S/C15H11F2N3O3/c16-10-1-2-13(17)12(6-10)15(21)19-4-3-14-9(8-19)5-11(7-18-14)20(22)23/h1-2,5-7H,3-4,8H2. The second kappa shape index (κ2) is 5.71. The van der Waals surface area contributed by atoms with Crippen LogP contribution in [-0.2, 0) is 13.0 Å². The van der Waals surface area contributed by atoms with Crippen molar-refractivity contribution in [3.63, 3.8) is 0 Å². The van der Waals surface area contributed by atoms with Crippen LogP contribution in [0.25, 0.3) is 0 Å². The van der Waals surface area contributed by atoms with Gasteiger partial charge in [0.05, 0.1) is 10.5 Å². The maximum atomic E-state index is 13.7. The van der Waals surface area contributed by atoms with E-state index >= 15 is 0 Å². The Hall–Kier alpha value is -2.90. The van der Waals surface area contributed by atoms with E-state index in [1.807, 2.05) is 0 Å². The zero-order valence-electron chi connectivity index (χ0n) is 11.8. The molecular formula is C15H11F2N3O3. The Kier molecular flexibility index (Phi) is 3.73. The molecule has 2 aromatic rings. The van der Waals surface area contributed by atoms with E-state index in [9.17, 15) is 23.7 Å². The number of nitrogens with zero attached hydrogens (tertiary/aromatic N) is 3. The third-order valence-corrected chi connectivity index (χ3v) is 3.68. The molecule has 3 rings (SSSR count). The van der Waals surface area contributed by atoms with Crippen molar-refractivity contribution in [2.45, 2.75) is 13.0 Å². The highest BCUT2D eigenvalue weighted by atomic mass is 19.1. The number of fused-ring (bicyclic) bond motifs is 1. The number of nitro groups is 1. The highest BCUT2D eigenvalue weighted by Crippen LogP contribution is 2.23. The van der Waals surface area contributed by atoms with Crippen LogP contribution in [0.15, 0.2) is 30.5 Å². The summed E-state index contributed by atoms with van der Waals surface area (Å²) in [5.41, 5.74) is 0.678. The van der Waals surface area contributed by atoms with Gasteiger partial charge in [-0.3, -0.25) is 19.9 Å². The Labute approximate surface area is 129 Å². The zero-order chi connectivity index (χ0) is 16.6. The van der Waals surface area contributed by atoms with Gasteiger partial charge in [0.25, 0.3) is 11.6 Å². The summed E-state index contributed by atoms with van der Waals surface area (Å²) in [5.74, 6) is -2.16. The maximum Gasteiger partial charge on any atom is 0.287 e. The first kappa shape index (κ1) is 15.0. The lowest BCUT2D eigenvalue weighted by Gasteiger charge is -2.28. The summed E-state index contributed by atoms with van der Waals surface area (Å²) >= 11 is 0. The number of halogens is 2. The Balaban J connectivity index is 1.89. The fourth-order valence-electron chi connectivity index (χ4n) is 2.52. The van der Waals surface area contributed by atoms with Crippen LogP contribution in [0.2, 0.25) is 0 Å². The normalized spacial score (nSPS) is 13.6. The summed E-state index contributed by atoms with van der Waals surface area (Å²) in [6, 6.07) is 4.03. The average molecular weight is 319 g/mol. The quantitative estimate of drug-likeness (QED) is 0.629. The Bertz CT molecular complexity index is 811. The van der Waals surface area contributed by atoms with Crippen LogP contribution in [0.3, 0.4) is 0 Å². The van der Waals surface area contributed by atoms with Crippen LogP contribution in [0.1, 0.15) is 21.6 Å². The highest BCUT2D eigenvalue weighted by molar-refractivity contribution is 5.94. The zero-order valence-corrected chi connectivity index (χ0v) is 11.8. The summed E-state index contributed by atoms with van der Waals surface area (Å²) in [5, 5.41) is 10.8. The summed E-state index contributed by atoms with van der Waals surface area (Å²) in [6.07, 6.45) is 1.57. The van der Waals surface area contributed by atoms with E-state index in [1.165, 1.54) is 17.2 Å². The largest absolute Gasteiger partial charge is 0.334 e. The molecular weight excluding hydrogens is 308 g/mol. The summed E-state index contributed by atoms with van der Waals surface area (Å²) in [4.78, 5) is 27.9. The maximum absolute atomic E-state index is 13.7. The molecule has 0 bridgehead atoms. The van der Waals surface area contributed by atoms with Gasteiger partial charge in [0.15, 0.2) is 0 Å². The molecule has 0 saturated heterocycles. The minimum Gasteiger partial charge on any atom is -0.334 e. The summed E-state index contributed by atoms with van der Waals surface area (Å²) in [6.45, 7) is 0.353. The van der Waals surface area contributed by atoms with Crippen molar-refractivity contribution in [3.8, 4) is 0 Å². The first-order valence-electron chi connectivity index (χ1n) is 6.82.